The average molecular weight is 186 g/mol. The van der Waals surface area contributed by atoms with Crippen molar-refractivity contribution in [2.75, 3.05) is 0 Å². The molecule has 0 N–H and O–H groups in total. The van der Waals surface area contributed by atoms with Crippen LogP contribution in [-0.4, -0.2) is 0 Å². The highest BCUT2D eigenvalue weighted by atomic mass is 15.1. The Morgan fingerprint density at radius 3 is 1.64 bits per heavy atom. The Kier molecular flexibility index (Phi) is 3.06. The molecule has 0 saturated heterocycles. The summed E-state index contributed by atoms with van der Waals surface area (Å²) >= 11 is 0. The third-order valence-electron chi connectivity index (χ3n) is 2.29. The SMILES string of the molecule is C1=CCCC(/N=N/C2=CC=CCC2)=C1. The van der Waals surface area contributed by atoms with Gasteiger partial charge in [-0.1, -0.05) is 24.3 Å². The lowest BCUT2D eigenvalue weighted by Crippen LogP contribution is -1.85. The Morgan fingerprint density at radius 2 is 1.29 bits per heavy atom. The van der Waals surface area contributed by atoms with Crippen molar-refractivity contribution in [3.63, 3.8) is 0 Å². The molecule has 0 aromatic carbocycles. The maximum atomic E-state index is 4.24. The van der Waals surface area contributed by atoms with E-state index < -0.39 is 0 Å². The summed E-state index contributed by atoms with van der Waals surface area (Å²) in [4.78, 5) is 0. The third-order valence-corrected chi connectivity index (χ3v) is 2.29. The lowest BCUT2D eigenvalue weighted by molar-refractivity contribution is 0.861. The fraction of sp³-hybridized carbons (Fsp3) is 0.333. The second kappa shape index (κ2) is 4.70. The Balaban J connectivity index is 1.98. The van der Waals surface area contributed by atoms with Gasteiger partial charge in [0, 0.05) is 0 Å². The first kappa shape index (κ1) is 9.13. The average Bonchev–Trinajstić information content (AvgIpc) is 2.29. The van der Waals surface area contributed by atoms with E-state index in [4.69, 9.17) is 0 Å². The van der Waals surface area contributed by atoms with E-state index in [0.717, 1.165) is 37.1 Å². The number of nitrogens with zero attached hydrogens (tertiary/aromatic N) is 2. The third kappa shape index (κ3) is 2.52. The van der Waals surface area contributed by atoms with Crippen molar-refractivity contribution in [1.29, 1.82) is 0 Å². The maximum absolute atomic E-state index is 4.24. The van der Waals surface area contributed by atoms with Gasteiger partial charge in [0.25, 0.3) is 0 Å². The first-order valence-corrected chi connectivity index (χ1v) is 5.08. The van der Waals surface area contributed by atoms with Crippen molar-refractivity contribution in [2.24, 2.45) is 10.2 Å². The highest BCUT2D eigenvalue weighted by Crippen LogP contribution is 2.17. The minimum Gasteiger partial charge on any atom is -0.155 e. The van der Waals surface area contributed by atoms with E-state index >= 15 is 0 Å². The molecule has 0 heterocycles. The first-order chi connectivity index (χ1) is 6.95. The smallest absolute Gasteiger partial charge is 0.0633 e. The van der Waals surface area contributed by atoms with Crippen LogP contribution in [0.15, 0.2) is 58.1 Å². The van der Waals surface area contributed by atoms with Crippen molar-refractivity contribution < 1.29 is 0 Å². The molecule has 2 aliphatic carbocycles. The van der Waals surface area contributed by atoms with Crippen LogP contribution in [0.5, 0.6) is 0 Å². The molecule has 14 heavy (non-hydrogen) atoms. The van der Waals surface area contributed by atoms with Gasteiger partial charge in [-0.25, -0.2) is 0 Å². The van der Waals surface area contributed by atoms with Gasteiger partial charge in [0.1, 0.15) is 0 Å². The fourth-order valence-electron chi connectivity index (χ4n) is 1.47. The quantitative estimate of drug-likeness (QED) is 0.584. The van der Waals surface area contributed by atoms with Gasteiger partial charge >= 0.3 is 0 Å². The Hall–Kier alpha value is -1.44. The van der Waals surface area contributed by atoms with E-state index in [2.05, 4.69) is 22.4 Å². The minimum atomic E-state index is 1.02. The highest BCUT2D eigenvalue weighted by Gasteiger charge is 1.99. The second-order valence-electron chi connectivity index (χ2n) is 3.45. The van der Waals surface area contributed by atoms with E-state index in [9.17, 15) is 0 Å². The van der Waals surface area contributed by atoms with Gasteiger partial charge in [0.05, 0.1) is 11.4 Å². The van der Waals surface area contributed by atoms with Crippen LogP contribution < -0.4 is 0 Å². The molecule has 0 spiro atoms. The predicted molar refractivity (Wildman–Crippen MR) is 57.8 cm³/mol. The molecule has 0 bridgehead atoms. The summed E-state index contributed by atoms with van der Waals surface area (Å²) in [7, 11) is 0. The normalized spacial score (nSPS) is 21.1. The second-order valence-corrected chi connectivity index (χ2v) is 3.45. The molecule has 0 saturated carbocycles. The molecule has 0 aromatic rings. The van der Waals surface area contributed by atoms with E-state index in [1.165, 1.54) is 0 Å². The zero-order valence-electron chi connectivity index (χ0n) is 8.19. The van der Waals surface area contributed by atoms with Gasteiger partial charge in [-0.2, -0.15) is 10.2 Å². The number of hydrogen-bond acceptors (Lipinski definition) is 2. The lowest BCUT2D eigenvalue weighted by Gasteiger charge is -2.03. The van der Waals surface area contributed by atoms with Crippen LogP contribution in [-0.2, 0) is 0 Å². The molecular weight excluding hydrogens is 172 g/mol. The van der Waals surface area contributed by atoms with E-state index in [0.29, 0.717) is 0 Å². The van der Waals surface area contributed by atoms with E-state index in [1.807, 2.05) is 24.3 Å². The molecule has 72 valence electrons. The molecule has 2 aliphatic rings. The highest BCUT2D eigenvalue weighted by molar-refractivity contribution is 5.18. The van der Waals surface area contributed by atoms with Gasteiger partial charge in [0.2, 0.25) is 0 Å². The number of hydrogen-bond donors (Lipinski definition) is 0. The summed E-state index contributed by atoms with van der Waals surface area (Å²) < 4.78 is 0. The summed E-state index contributed by atoms with van der Waals surface area (Å²) in [6.45, 7) is 0. The fourth-order valence-corrected chi connectivity index (χ4v) is 1.47. The Bertz CT molecular complexity index is 309. The lowest BCUT2D eigenvalue weighted by atomic mass is 10.1. The van der Waals surface area contributed by atoms with Gasteiger partial charge in [-0.05, 0) is 37.8 Å². The zero-order chi connectivity index (χ0) is 9.64. The van der Waals surface area contributed by atoms with Gasteiger partial charge < -0.3 is 0 Å². The van der Waals surface area contributed by atoms with Crippen LogP contribution in [0.4, 0.5) is 0 Å². The number of allylic oxidation sites excluding steroid dienone is 8. The van der Waals surface area contributed by atoms with E-state index in [-0.39, 0.29) is 0 Å². The van der Waals surface area contributed by atoms with Crippen molar-refractivity contribution in [2.45, 2.75) is 25.7 Å². The minimum absolute atomic E-state index is 1.02. The Morgan fingerprint density at radius 1 is 0.786 bits per heavy atom. The number of azo groups is 1. The van der Waals surface area contributed by atoms with Gasteiger partial charge in [-0.3, -0.25) is 0 Å². The monoisotopic (exact) mass is 186 g/mol. The molecule has 0 unspecified atom stereocenters. The molecular formula is C12H14N2. The van der Waals surface area contributed by atoms with Crippen LogP contribution in [0.2, 0.25) is 0 Å². The van der Waals surface area contributed by atoms with Gasteiger partial charge in [-0.15, -0.1) is 0 Å². The predicted octanol–water partition coefficient (Wildman–Crippen LogP) is 3.91. The summed E-state index contributed by atoms with van der Waals surface area (Å²) in [6.07, 6.45) is 16.7. The van der Waals surface area contributed by atoms with Crippen molar-refractivity contribution in [3.8, 4) is 0 Å². The summed E-state index contributed by atoms with van der Waals surface area (Å²) in [6, 6.07) is 0. The first-order valence-electron chi connectivity index (χ1n) is 5.08. The topological polar surface area (TPSA) is 24.7 Å². The summed E-state index contributed by atoms with van der Waals surface area (Å²) in [5, 5.41) is 8.48. The molecule has 2 heteroatoms. The van der Waals surface area contributed by atoms with E-state index in [1.54, 1.807) is 0 Å². The van der Waals surface area contributed by atoms with Gasteiger partial charge in [0.15, 0.2) is 0 Å². The molecule has 0 radical (unpaired) electrons. The van der Waals surface area contributed by atoms with Crippen LogP contribution in [0.25, 0.3) is 0 Å². The summed E-state index contributed by atoms with van der Waals surface area (Å²) in [5.74, 6) is 0. The molecule has 0 atom stereocenters. The largest absolute Gasteiger partial charge is 0.155 e. The van der Waals surface area contributed by atoms with Crippen molar-refractivity contribution in [3.05, 3.63) is 47.9 Å². The molecule has 0 fully saturated rings. The number of rotatable bonds is 2. The van der Waals surface area contributed by atoms with Crippen LogP contribution in [0, 0.1) is 0 Å². The molecule has 2 rings (SSSR count). The van der Waals surface area contributed by atoms with Crippen LogP contribution >= 0.6 is 0 Å². The summed E-state index contributed by atoms with van der Waals surface area (Å²) in [5.41, 5.74) is 2.17. The van der Waals surface area contributed by atoms with Crippen molar-refractivity contribution in [1.82, 2.24) is 0 Å². The molecule has 2 nitrogen and oxygen atoms in total. The Labute approximate surface area is 84.4 Å². The van der Waals surface area contributed by atoms with Crippen LogP contribution in [0.1, 0.15) is 25.7 Å². The maximum Gasteiger partial charge on any atom is 0.0633 e. The van der Waals surface area contributed by atoms with Crippen molar-refractivity contribution >= 4 is 0 Å². The standard InChI is InChI=1S/C12H14N2/c1-3-7-11(8-4-1)13-14-12-9-5-2-6-10-12/h1-3,5,7,9H,4,6,8,10H2/b14-13+. The van der Waals surface area contributed by atoms with Crippen LogP contribution in [0.3, 0.4) is 0 Å². The molecule has 0 aromatic heterocycles. The molecule has 0 amide bonds. The molecule has 0 aliphatic heterocycles. The zero-order valence-corrected chi connectivity index (χ0v) is 8.19.